The van der Waals surface area contributed by atoms with Gasteiger partial charge in [0, 0.05) is 5.69 Å². The number of esters is 1. The zero-order valence-electron chi connectivity index (χ0n) is 14.0. The number of rotatable bonds is 4. The number of fused-ring (bicyclic) bond motifs is 1. The Kier molecular flexibility index (Phi) is 4.38. The molecule has 0 radical (unpaired) electrons. The molecular weight excluding hydrogens is 308 g/mol. The summed E-state index contributed by atoms with van der Waals surface area (Å²) in [6, 6.07) is 5.91. The second-order valence-electron chi connectivity index (χ2n) is 6.07. The van der Waals surface area contributed by atoms with Crippen molar-refractivity contribution in [2.75, 3.05) is 5.32 Å². The maximum absolute atomic E-state index is 12.3. The lowest BCUT2D eigenvalue weighted by Gasteiger charge is -2.14. The lowest BCUT2D eigenvalue weighted by molar-refractivity contribution is -0.123. The molecule has 3 rings (SSSR count). The topological polar surface area (TPSA) is 81.4 Å². The van der Waals surface area contributed by atoms with Crippen LogP contribution in [0.5, 0.6) is 0 Å². The molecule has 126 valence electrons. The van der Waals surface area contributed by atoms with Gasteiger partial charge in [-0.1, -0.05) is 11.2 Å². The Bertz CT molecular complexity index is 775. The number of hydrogen-bond acceptors (Lipinski definition) is 5. The SMILES string of the molecule is Cc1noc(C)c1C(=O)O[C@H](C)C(=O)Nc1ccc2c(c1)CCC2. The van der Waals surface area contributed by atoms with Crippen molar-refractivity contribution in [1.29, 1.82) is 0 Å². The zero-order valence-corrected chi connectivity index (χ0v) is 14.0. The van der Waals surface area contributed by atoms with Crippen LogP contribution in [0.2, 0.25) is 0 Å². The molecule has 1 aromatic heterocycles. The van der Waals surface area contributed by atoms with Crippen LogP contribution in [-0.4, -0.2) is 23.1 Å². The summed E-state index contributed by atoms with van der Waals surface area (Å²) in [5.41, 5.74) is 4.05. The lowest BCUT2D eigenvalue weighted by Crippen LogP contribution is -2.30. The Morgan fingerprint density at radius 2 is 2.00 bits per heavy atom. The van der Waals surface area contributed by atoms with Crippen molar-refractivity contribution in [2.45, 2.75) is 46.1 Å². The Balaban J connectivity index is 1.64. The molecule has 0 unspecified atom stereocenters. The van der Waals surface area contributed by atoms with E-state index < -0.39 is 12.1 Å². The van der Waals surface area contributed by atoms with E-state index in [9.17, 15) is 9.59 Å². The third-order valence-electron chi connectivity index (χ3n) is 4.26. The molecule has 1 heterocycles. The second kappa shape index (κ2) is 6.47. The number of carbonyl (C=O) groups is 2. The van der Waals surface area contributed by atoms with Gasteiger partial charge in [0.2, 0.25) is 0 Å². The Morgan fingerprint density at radius 1 is 1.25 bits per heavy atom. The number of nitrogens with one attached hydrogen (secondary N) is 1. The normalized spacial score (nSPS) is 14.1. The summed E-state index contributed by atoms with van der Waals surface area (Å²) in [5.74, 6) is -0.598. The summed E-state index contributed by atoms with van der Waals surface area (Å²) in [6.07, 6.45) is 2.36. The summed E-state index contributed by atoms with van der Waals surface area (Å²) < 4.78 is 10.2. The van der Waals surface area contributed by atoms with Crippen LogP contribution in [-0.2, 0) is 22.4 Å². The molecule has 0 fully saturated rings. The van der Waals surface area contributed by atoms with E-state index in [-0.39, 0.29) is 11.5 Å². The third-order valence-corrected chi connectivity index (χ3v) is 4.26. The molecule has 1 aliphatic carbocycles. The first-order valence-electron chi connectivity index (χ1n) is 8.02. The minimum atomic E-state index is -0.917. The van der Waals surface area contributed by atoms with E-state index in [1.165, 1.54) is 11.1 Å². The second-order valence-corrected chi connectivity index (χ2v) is 6.07. The quantitative estimate of drug-likeness (QED) is 0.873. The van der Waals surface area contributed by atoms with Crippen LogP contribution in [0.1, 0.15) is 46.3 Å². The standard InChI is InChI=1S/C18H20N2O4/c1-10-16(11(2)24-20-10)18(22)23-12(3)17(21)19-15-8-7-13-5-4-6-14(13)9-15/h7-9,12H,4-6H2,1-3H3,(H,19,21)/t12-/m1/s1. The number of nitrogens with zero attached hydrogens (tertiary/aromatic N) is 1. The number of benzene rings is 1. The maximum atomic E-state index is 12.3. The molecular formula is C18H20N2O4. The number of carbonyl (C=O) groups excluding carboxylic acids is 2. The fraction of sp³-hybridized carbons (Fsp3) is 0.389. The van der Waals surface area contributed by atoms with Crippen molar-refractivity contribution in [2.24, 2.45) is 0 Å². The van der Waals surface area contributed by atoms with Gasteiger partial charge in [0.1, 0.15) is 11.3 Å². The van der Waals surface area contributed by atoms with E-state index in [4.69, 9.17) is 9.26 Å². The van der Waals surface area contributed by atoms with Crippen molar-refractivity contribution < 1.29 is 18.8 Å². The molecule has 1 aliphatic rings. The van der Waals surface area contributed by atoms with Crippen LogP contribution in [0.25, 0.3) is 0 Å². The van der Waals surface area contributed by atoms with Gasteiger partial charge in [-0.3, -0.25) is 4.79 Å². The number of anilines is 1. The van der Waals surface area contributed by atoms with Gasteiger partial charge in [0.15, 0.2) is 6.10 Å². The first-order valence-corrected chi connectivity index (χ1v) is 8.02. The maximum Gasteiger partial charge on any atom is 0.344 e. The molecule has 0 spiro atoms. The molecule has 0 aliphatic heterocycles. The van der Waals surface area contributed by atoms with E-state index in [2.05, 4.69) is 10.5 Å². The van der Waals surface area contributed by atoms with Gasteiger partial charge in [0.05, 0.1) is 5.69 Å². The number of aryl methyl sites for hydroxylation is 4. The molecule has 0 saturated heterocycles. The van der Waals surface area contributed by atoms with Crippen LogP contribution in [0.15, 0.2) is 22.7 Å². The summed E-state index contributed by atoms with van der Waals surface area (Å²) in [6.45, 7) is 4.83. The zero-order chi connectivity index (χ0) is 17.3. The average molecular weight is 328 g/mol. The smallest absolute Gasteiger partial charge is 0.344 e. The van der Waals surface area contributed by atoms with Crippen molar-refractivity contribution >= 4 is 17.6 Å². The molecule has 0 bridgehead atoms. The van der Waals surface area contributed by atoms with Crippen molar-refractivity contribution in [1.82, 2.24) is 5.16 Å². The molecule has 1 aromatic carbocycles. The summed E-state index contributed by atoms with van der Waals surface area (Å²) in [7, 11) is 0. The van der Waals surface area contributed by atoms with E-state index >= 15 is 0 Å². The Labute approximate surface area is 140 Å². The van der Waals surface area contributed by atoms with Gasteiger partial charge < -0.3 is 14.6 Å². The van der Waals surface area contributed by atoms with E-state index in [1.807, 2.05) is 18.2 Å². The van der Waals surface area contributed by atoms with Gasteiger partial charge in [-0.2, -0.15) is 0 Å². The lowest BCUT2D eigenvalue weighted by atomic mass is 10.1. The van der Waals surface area contributed by atoms with Crippen molar-refractivity contribution in [3.8, 4) is 0 Å². The monoisotopic (exact) mass is 328 g/mol. The molecule has 1 N–H and O–H groups in total. The van der Waals surface area contributed by atoms with Crippen LogP contribution >= 0.6 is 0 Å². The minimum Gasteiger partial charge on any atom is -0.449 e. The van der Waals surface area contributed by atoms with E-state index in [1.54, 1.807) is 20.8 Å². The third kappa shape index (κ3) is 3.18. The molecule has 2 aromatic rings. The predicted molar refractivity (Wildman–Crippen MR) is 88.0 cm³/mol. The van der Waals surface area contributed by atoms with E-state index in [0.29, 0.717) is 11.5 Å². The molecule has 6 nitrogen and oxygen atoms in total. The highest BCUT2D eigenvalue weighted by Gasteiger charge is 2.24. The molecule has 0 saturated carbocycles. The summed E-state index contributed by atoms with van der Waals surface area (Å²) in [5, 5.41) is 6.51. The largest absolute Gasteiger partial charge is 0.449 e. The summed E-state index contributed by atoms with van der Waals surface area (Å²) in [4.78, 5) is 24.4. The molecule has 24 heavy (non-hydrogen) atoms. The van der Waals surface area contributed by atoms with E-state index in [0.717, 1.165) is 24.9 Å². The highest BCUT2D eigenvalue weighted by Crippen LogP contribution is 2.25. The van der Waals surface area contributed by atoms with Gasteiger partial charge in [-0.05, 0) is 63.3 Å². The van der Waals surface area contributed by atoms with Crippen LogP contribution < -0.4 is 5.32 Å². The first-order chi connectivity index (χ1) is 11.5. The average Bonchev–Trinajstić information content (AvgIpc) is 3.13. The Hall–Kier alpha value is -2.63. The van der Waals surface area contributed by atoms with Gasteiger partial charge >= 0.3 is 5.97 Å². The number of aromatic nitrogens is 1. The highest BCUT2D eigenvalue weighted by atomic mass is 16.5. The van der Waals surface area contributed by atoms with Crippen LogP contribution in [0.4, 0.5) is 5.69 Å². The number of ether oxygens (including phenoxy) is 1. The fourth-order valence-electron chi connectivity index (χ4n) is 2.94. The number of hydrogen-bond donors (Lipinski definition) is 1. The van der Waals surface area contributed by atoms with Crippen LogP contribution in [0.3, 0.4) is 0 Å². The molecule has 1 atom stereocenters. The predicted octanol–water partition coefficient (Wildman–Crippen LogP) is 2.96. The Morgan fingerprint density at radius 3 is 2.71 bits per heavy atom. The summed E-state index contributed by atoms with van der Waals surface area (Å²) >= 11 is 0. The van der Waals surface area contributed by atoms with Crippen molar-refractivity contribution in [3.05, 3.63) is 46.3 Å². The highest BCUT2D eigenvalue weighted by molar-refractivity contribution is 5.98. The van der Waals surface area contributed by atoms with Gasteiger partial charge in [0.25, 0.3) is 5.91 Å². The molecule has 6 heteroatoms. The van der Waals surface area contributed by atoms with Gasteiger partial charge in [-0.25, -0.2) is 4.79 Å². The fourth-order valence-corrected chi connectivity index (χ4v) is 2.94. The minimum absolute atomic E-state index is 0.271. The first kappa shape index (κ1) is 16.2. The molecule has 1 amide bonds. The van der Waals surface area contributed by atoms with Gasteiger partial charge in [-0.15, -0.1) is 0 Å². The van der Waals surface area contributed by atoms with Crippen LogP contribution in [0, 0.1) is 13.8 Å². The number of amides is 1. The van der Waals surface area contributed by atoms with Crippen molar-refractivity contribution in [3.63, 3.8) is 0 Å².